The fourth-order valence-electron chi connectivity index (χ4n) is 1.74. The molecule has 1 N–H and O–H groups in total. The third kappa shape index (κ3) is 2.72. The highest BCUT2D eigenvalue weighted by molar-refractivity contribution is 7.79. The van der Waals surface area contributed by atoms with Crippen LogP contribution in [0, 0.1) is 0 Å². The van der Waals surface area contributed by atoms with Crippen molar-refractivity contribution >= 4 is 12.6 Å². The lowest BCUT2D eigenvalue weighted by Crippen LogP contribution is -2.10. The van der Waals surface area contributed by atoms with E-state index in [1.807, 2.05) is 6.20 Å². The number of H-pyrrole nitrogens is 1. The largest absolute Gasteiger partial charge is 0.341 e. The zero-order valence-electron chi connectivity index (χ0n) is 10.5. The lowest BCUT2D eigenvalue weighted by atomic mass is 9.86. The van der Waals surface area contributed by atoms with E-state index in [0.29, 0.717) is 5.75 Å². The van der Waals surface area contributed by atoms with Gasteiger partial charge in [0.15, 0.2) is 0 Å². The van der Waals surface area contributed by atoms with E-state index < -0.39 is 0 Å². The third-order valence-corrected chi connectivity index (χ3v) is 3.14. The van der Waals surface area contributed by atoms with Crippen molar-refractivity contribution in [3.63, 3.8) is 0 Å². The van der Waals surface area contributed by atoms with Gasteiger partial charge in [-0.05, 0) is 16.5 Å². The van der Waals surface area contributed by atoms with Crippen LogP contribution in [0.3, 0.4) is 0 Å². The Bertz CT molecular complexity index is 492. The van der Waals surface area contributed by atoms with E-state index in [-0.39, 0.29) is 5.41 Å². The van der Waals surface area contributed by atoms with Crippen LogP contribution in [0.2, 0.25) is 0 Å². The molecule has 0 saturated heterocycles. The Morgan fingerprint density at radius 1 is 1.18 bits per heavy atom. The summed E-state index contributed by atoms with van der Waals surface area (Å²) in [5.41, 5.74) is 3.76. The van der Waals surface area contributed by atoms with Crippen LogP contribution in [-0.4, -0.2) is 9.97 Å². The van der Waals surface area contributed by atoms with Crippen molar-refractivity contribution in [3.05, 3.63) is 41.9 Å². The summed E-state index contributed by atoms with van der Waals surface area (Å²) in [5, 5.41) is 0. The number of nitrogens with one attached hydrogen (secondary N) is 1. The Balaban J connectivity index is 2.29. The predicted molar refractivity (Wildman–Crippen MR) is 75.4 cm³/mol. The summed E-state index contributed by atoms with van der Waals surface area (Å²) in [6.07, 6.45) is 1.86. The van der Waals surface area contributed by atoms with Gasteiger partial charge in [-0.2, -0.15) is 12.6 Å². The number of rotatable bonds is 2. The second-order valence-corrected chi connectivity index (χ2v) is 5.55. The maximum Gasteiger partial charge on any atom is 0.116 e. The first kappa shape index (κ1) is 12.2. The Hall–Kier alpha value is -1.22. The minimum absolute atomic E-state index is 0.197. The number of imidazole rings is 1. The van der Waals surface area contributed by atoms with Gasteiger partial charge in [0.05, 0.1) is 11.9 Å². The Morgan fingerprint density at radius 3 is 2.29 bits per heavy atom. The molecule has 2 aromatic rings. The zero-order chi connectivity index (χ0) is 12.5. The van der Waals surface area contributed by atoms with Crippen LogP contribution in [0.25, 0.3) is 11.3 Å². The van der Waals surface area contributed by atoms with E-state index in [1.165, 1.54) is 11.1 Å². The van der Waals surface area contributed by atoms with Crippen molar-refractivity contribution in [3.8, 4) is 11.3 Å². The summed E-state index contributed by atoms with van der Waals surface area (Å²) >= 11 is 4.20. The molecule has 0 bridgehead atoms. The number of hydrogen-bond donors (Lipinski definition) is 2. The summed E-state index contributed by atoms with van der Waals surface area (Å²) in [6.45, 7) is 6.66. The number of nitrogens with zero attached hydrogens (tertiary/aromatic N) is 1. The molecule has 0 atom stereocenters. The van der Waals surface area contributed by atoms with Crippen LogP contribution in [0.4, 0.5) is 0 Å². The number of hydrogen-bond acceptors (Lipinski definition) is 2. The van der Waals surface area contributed by atoms with Crippen molar-refractivity contribution in [1.29, 1.82) is 0 Å². The van der Waals surface area contributed by atoms with E-state index >= 15 is 0 Å². The smallest absolute Gasteiger partial charge is 0.116 e. The van der Waals surface area contributed by atoms with Crippen LogP contribution in [0.15, 0.2) is 30.5 Å². The molecule has 0 spiro atoms. The molecule has 2 rings (SSSR count). The quantitative estimate of drug-likeness (QED) is 0.775. The monoisotopic (exact) mass is 246 g/mol. The van der Waals surface area contributed by atoms with E-state index in [1.54, 1.807) is 0 Å². The van der Waals surface area contributed by atoms with Crippen LogP contribution < -0.4 is 0 Å². The van der Waals surface area contributed by atoms with Crippen LogP contribution in [0.1, 0.15) is 32.2 Å². The van der Waals surface area contributed by atoms with Gasteiger partial charge in [0.2, 0.25) is 0 Å². The standard InChI is InChI=1S/C14H18N2S/c1-14(2,3)11-6-4-10(5-7-11)12-8-15-13(9-17)16-12/h4-8,17H,9H2,1-3H3,(H,15,16). The van der Waals surface area contributed by atoms with Gasteiger partial charge < -0.3 is 4.98 Å². The molecule has 1 heterocycles. The van der Waals surface area contributed by atoms with Gasteiger partial charge >= 0.3 is 0 Å². The number of aromatic nitrogens is 2. The van der Waals surface area contributed by atoms with Crippen molar-refractivity contribution in [1.82, 2.24) is 9.97 Å². The lowest BCUT2D eigenvalue weighted by molar-refractivity contribution is 0.590. The maximum absolute atomic E-state index is 4.25. The first-order valence-corrected chi connectivity index (χ1v) is 6.39. The van der Waals surface area contributed by atoms with Gasteiger partial charge in [0, 0.05) is 5.75 Å². The van der Waals surface area contributed by atoms with E-state index in [2.05, 4.69) is 67.6 Å². The molecule has 1 aromatic carbocycles. The maximum atomic E-state index is 4.25. The number of thiol groups is 1. The highest BCUT2D eigenvalue weighted by atomic mass is 32.1. The topological polar surface area (TPSA) is 28.7 Å². The van der Waals surface area contributed by atoms with Crippen LogP contribution >= 0.6 is 12.6 Å². The summed E-state index contributed by atoms with van der Waals surface area (Å²) in [7, 11) is 0. The highest BCUT2D eigenvalue weighted by Gasteiger charge is 2.13. The minimum Gasteiger partial charge on any atom is -0.341 e. The molecule has 0 aliphatic carbocycles. The Kier molecular flexibility index (Phi) is 3.29. The molecule has 0 amide bonds. The Labute approximate surface area is 108 Å². The fourth-order valence-corrected chi connectivity index (χ4v) is 1.90. The van der Waals surface area contributed by atoms with E-state index in [9.17, 15) is 0 Å². The normalized spacial score (nSPS) is 11.8. The Morgan fingerprint density at radius 2 is 1.82 bits per heavy atom. The number of benzene rings is 1. The molecular weight excluding hydrogens is 228 g/mol. The average Bonchev–Trinajstić information content (AvgIpc) is 2.76. The number of aromatic amines is 1. The van der Waals surface area contributed by atoms with Crippen LogP contribution in [0.5, 0.6) is 0 Å². The summed E-state index contributed by atoms with van der Waals surface area (Å²) in [5.74, 6) is 1.54. The summed E-state index contributed by atoms with van der Waals surface area (Å²) in [6, 6.07) is 8.62. The molecule has 90 valence electrons. The summed E-state index contributed by atoms with van der Waals surface area (Å²) in [4.78, 5) is 7.50. The second kappa shape index (κ2) is 4.57. The van der Waals surface area contributed by atoms with Crippen LogP contribution in [-0.2, 0) is 11.2 Å². The molecule has 0 fully saturated rings. The minimum atomic E-state index is 0.197. The average molecular weight is 246 g/mol. The van der Waals surface area contributed by atoms with Crippen molar-refractivity contribution in [2.24, 2.45) is 0 Å². The predicted octanol–water partition coefficient (Wildman–Crippen LogP) is 3.80. The molecule has 1 aromatic heterocycles. The molecule has 0 aliphatic rings. The van der Waals surface area contributed by atoms with Gasteiger partial charge in [-0.1, -0.05) is 45.0 Å². The molecule has 0 aliphatic heterocycles. The molecule has 0 unspecified atom stereocenters. The SMILES string of the molecule is CC(C)(C)c1ccc(-c2cnc(CS)[nH]2)cc1. The molecule has 2 nitrogen and oxygen atoms in total. The molecule has 3 heteroatoms. The lowest BCUT2D eigenvalue weighted by Gasteiger charge is -2.18. The van der Waals surface area contributed by atoms with Crippen molar-refractivity contribution in [2.75, 3.05) is 0 Å². The highest BCUT2D eigenvalue weighted by Crippen LogP contribution is 2.25. The van der Waals surface area contributed by atoms with Crippen molar-refractivity contribution < 1.29 is 0 Å². The molecule has 17 heavy (non-hydrogen) atoms. The van der Waals surface area contributed by atoms with Gasteiger partial charge in [0.25, 0.3) is 0 Å². The first-order chi connectivity index (χ1) is 8.00. The molecule has 0 saturated carbocycles. The summed E-state index contributed by atoms with van der Waals surface area (Å²) < 4.78 is 0. The molecule has 0 radical (unpaired) electrons. The second-order valence-electron chi connectivity index (χ2n) is 5.23. The van der Waals surface area contributed by atoms with E-state index in [4.69, 9.17) is 0 Å². The van der Waals surface area contributed by atoms with E-state index in [0.717, 1.165) is 11.5 Å². The zero-order valence-corrected chi connectivity index (χ0v) is 11.4. The van der Waals surface area contributed by atoms with Gasteiger partial charge in [-0.15, -0.1) is 0 Å². The van der Waals surface area contributed by atoms with Gasteiger partial charge in [0.1, 0.15) is 5.82 Å². The molecular formula is C14H18N2S. The van der Waals surface area contributed by atoms with Gasteiger partial charge in [-0.25, -0.2) is 4.98 Å². The third-order valence-electron chi connectivity index (χ3n) is 2.84. The van der Waals surface area contributed by atoms with Gasteiger partial charge in [-0.3, -0.25) is 0 Å². The van der Waals surface area contributed by atoms with Crippen molar-refractivity contribution in [2.45, 2.75) is 31.9 Å². The first-order valence-electron chi connectivity index (χ1n) is 5.76. The fraction of sp³-hybridized carbons (Fsp3) is 0.357.